The van der Waals surface area contributed by atoms with Crippen LogP contribution in [0.25, 0.3) is 11.3 Å². The summed E-state index contributed by atoms with van der Waals surface area (Å²) in [5, 5.41) is 6.85. The molecule has 0 radical (unpaired) electrons. The predicted molar refractivity (Wildman–Crippen MR) is 68.9 cm³/mol. The third-order valence-corrected chi connectivity index (χ3v) is 2.74. The molecule has 0 atom stereocenters. The number of nitrogens with two attached hydrogens (primary N) is 1. The average Bonchev–Trinajstić information content (AvgIpc) is 2.82. The molecule has 6 nitrogen and oxygen atoms in total. The first-order valence-corrected chi connectivity index (χ1v) is 5.64. The van der Waals surface area contributed by atoms with Gasteiger partial charge in [-0.3, -0.25) is 9.89 Å². The van der Waals surface area contributed by atoms with Gasteiger partial charge in [-0.25, -0.2) is 4.79 Å². The summed E-state index contributed by atoms with van der Waals surface area (Å²) >= 11 is 5.88. The molecule has 3 N–H and O–H groups in total. The minimum absolute atomic E-state index is 0.00253. The van der Waals surface area contributed by atoms with Crippen molar-refractivity contribution in [1.82, 2.24) is 10.2 Å². The molecule has 7 heteroatoms. The van der Waals surface area contributed by atoms with Gasteiger partial charge >= 0.3 is 5.97 Å². The van der Waals surface area contributed by atoms with Gasteiger partial charge in [-0.05, 0) is 12.1 Å². The number of carbonyl (C=O) groups excluding carboxylic acids is 2. The number of nitrogens with zero attached hydrogens (tertiary/aromatic N) is 1. The van der Waals surface area contributed by atoms with Crippen molar-refractivity contribution in [3.05, 3.63) is 40.5 Å². The van der Waals surface area contributed by atoms with Crippen LogP contribution in [0.15, 0.2) is 24.3 Å². The fourth-order valence-corrected chi connectivity index (χ4v) is 1.86. The second-order valence-electron chi connectivity index (χ2n) is 3.69. The number of benzene rings is 1. The third kappa shape index (κ3) is 2.43. The number of nitrogens with one attached hydrogen (secondary N) is 1. The minimum Gasteiger partial charge on any atom is -0.465 e. The van der Waals surface area contributed by atoms with Crippen LogP contribution >= 0.6 is 11.6 Å². The Kier molecular flexibility index (Phi) is 3.52. The quantitative estimate of drug-likeness (QED) is 0.834. The highest BCUT2D eigenvalue weighted by Crippen LogP contribution is 2.26. The molecular formula is C12H10ClN3O3. The monoisotopic (exact) mass is 279 g/mol. The summed E-state index contributed by atoms with van der Waals surface area (Å²) in [4.78, 5) is 23.0. The fraction of sp³-hybridized carbons (Fsp3) is 0.0833. The number of ether oxygens (including phenoxy) is 1. The number of hydrogen-bond donors (Lipinski definition) is 2. The van der Waals surface area contributed by atoms with Crippen molar-refractivity contribution < 1.29 is 14.3 Å². The van der Waals surface area contributed by atoms with Crippen molar-refractivity contribution in [1.29, 1.82) is 0 Å². The van der Waals surface area contributed by atoms with Crippen LogP contribution in [0, 0.1) is 0 Å². The van der Waals surface area contributed by atoms with Gasteiger partial charge in [0.2, 0.25) is 0 Å². The molecule has 0 saturated heterocycles. The van der Waals surface area contributed by atoms with Crippen LogP contribution in [-0.4, -0.2) is 29.2 Å². The Morgan fingerprint density at radius 1 is 1.42 bits per heavy atom. The number of methoxy groups -OCH3 is 1. The summed E-state index contributed by atoms with van der Waals surface area (Å²) in [5.74, 6) is -1.49. The Bertz CT molecular complexity index is 651. The highest BCUT2D eigenvalue weighted by Gasteiger charge is 2.25. The summed E-state index contributed by atoms with van der Waals surface area (Å²) in [5.41, 5.74) is 5.93. The Morgan fingerprint density at radius 3 is 2.74 bits per heavy atom. The summed E-state index contributed by atoms with van der Waals surface area (Å²) in [6, 6.07) is 6.72. The first-order chi connectivity index (χ1) is 9.04. The van der Waals surface area contributed by atoms with Crippen LogP contribution in [0.2, 0.25) is 5.02 Å². The molecule has 1 heterocycles. The van der Waals surface area contributed by atoms with Gasteiger partial charge in [-0.2, -0.15) is 5.10 Å². The molecule has 0 spiro atoms. The Hall–Kier alpha value is -2.34. The zero-order chi connectivity index (χ0) is 14.0. The summed E-state index contributed by atoms with van der Waals surface area (Å²) in [7, 11) is 1.21. The van der Waals surface area contributed by atoms with Gasteiger partial charge in [0, 0.05) is 10.6 Å². The molecule has 0 bridgehead atoms. The molecule has 1 amide bonds. The number of amides is 1. The molecule has 2 rings (SSSR count). The number of aromatic amines is 1. The van der Waals surface area contributed by atoms with E-state index in [0.717, 1.165) is 0 Å². The lowest BCUT2D eigenvalue weighted by atomic mass is 10.1. The van der Waals surface area contributed by atoms with E-state index >= 15 is 0 Å². The Morgan fingerprint density at radius 2 is 2.16 bits per heavy atom. The van der Waals surface area contributed by atoms with Crippen molar-refractivity contribution in [2.75, 3.05) is 7.11 Å². The van der Waals surface area contributed by atoms with Crippen LogP contribution in [-0.2, 0) is 4.74 Å². The molecule has 0 fully saturated rings. The van der Waals surface area contributed by atoms with Gasteiger partial charge in [-0.1, -0.05) is 23.7 Å². The number of carbonyl (C=O) groups is 2. The summed E-state index contributed by atoms with van der Waals surface area (Å²) in [6.45, 7) is 0. The second-order valence-corrected chi connectivity index (χ2v) is 4.12. The minimum atomic E-state index is -0.791. The Labute approximate surface area is 113 Å². The molecule has 1 aromatic carbocycles. The van der Waals surface area contributed by atoms with Gasteiger partial charge in [0.05, 0.1) is 7.11 Å². The van der Waals surface area contributed by atoms with E-state index in [9.17, 15) is 9.59 Å². The lowest BCUT2D eigenvalue weighted by Gasteiger charge is -2.02. The standard InChI is InChI=1S/C12H10ClN3O3/c1-19-12(18)8-9(15-16-10(8)11(14)17)6-3-2-4-7(13)5-6/h2-5H,1H3,(H2,14,17)(H,15,16). The smallest absolute Gasteiger partial charge is 0.342 e. The van der Waals surface area contributed by atoms with Crippen LogP contribution in [0.3, 0.4) is 0 Å². The van der Waals surface area contributed by atoms with Crippen molar-refractivity contribution in [2.24, 2.45) is 5.73 Å². The lowest BCUT2D eigenvalue weighted by Crippen LogP contribution is -2.16. The maximum atomic E-state index is 11.8. The highest BCUT2D eigenvalue weighted by atomic mass is 35.5. The molecule has 1 aromatic heterocycles. The van der Waals surface area contributed by atoms with Gasteiger partial charge < -0.3 is 10.5 Å². The first-order valence-electron chi connectivity index (χ1n) is 5.27. The van der Waals surface area contributed by atoms with Crippen molar-refractivity contribution in [3.63, 3.8) is 0 Å². The Balaban J connectivity index is 2.64. The van der Waals surface area contributed by atoms with E-state index in [1.54, 1.807) is 24.3 Å². The second kappa shape index (κ2) is 5.11. The van der Waals surface area contributed by atoms with Crippen LogP contribution in [0.1, 0.15) is 20.8 Å². The number of halogens is 1. The van der Waals surface area contributed by atoms with Gasteiger partial charge in [0.1, 0.15) is 17.0 Å². The highest BCUT2D eigenvalue weighted by molar-refractivity contribution is 6.30. The van der Waals surface area contributed by atoms with E-state index in [0.29, 0.717) is 10.6 Å². The van der Waals surface area contributed by atoms with E-state index in [-0.39, 0.29) is 17.0 Å². The maximum Gasteiger partial charge on any atom is 0.342 e. The van der Waals surface area contributed by atoms with Crippen LogP contribution < -0.4 is 5.73 Å². The number of primary amides is 1. The van der Waals surface area contributed by atoms with Crippen molar-refractivity contribution in [3.8, 4) is 11.3 Å². The number of hydrogen-bond acceptors (Lipinski definition) is 4. The summed E-state index contributed by atoms with van der Waals surface area (Å²) in [6.07, 6.45) is 0. The normalized spacial score (nSPS) is 10.2. The van der Waals surface area contributed by atoms with Gasteiger partial charge in [0.15, 0.2) is 0 Å². The average molecular weight is 280 g/mol. The van der Waals surface area contributed by atoms with Crippen LogP contribution in [0.5, 0.6) is 0 Å². The first kappa shape index (κ1) is 13.1. The van der Waals surface area contributed by atoms with Crippen molar-refractivity contribution >= 4 is 23.5 Å². The van der Waals surface area contributed by atoms with E-state index in [1.165, 1.54) is 7.11 Å². The topological polar surface area (TPSA) is 98.1 Å². The molecule has 98 valence electrons. The fourth-order valence-electron chi connectivity index (χ4n) is 1.67. The zero-order valence-electron chi connectivity index (χ0n) is 9.94. The predicted octanol–water partition coefficient (Wildman–Crippen LogP) is 1.62. The summed E-state index contributed by atoms with van der Waals surface area (Å²) < 4.78 is 4.64. The SMILES string of the molecule is COC(=O)c1c(-c2cccc(Cl)c2)n[nH]c1C(N)=O. The number of H-pyrrole nitrogens is 1. The number of aromatic nitrogens is 2. The van der Waals surface area contributed by atoms with E-state index in [1.807, 2.05) is 0 Å². The molecule has 0 aliphatic rings. The van der Waals surface area contributed by atoms with Crippen LogP contribution in [0.4, 0.5) is 0 Å². The molecule has 19 heavy (non-hydrogen) atoms. The van der Waals surface area contributed by atoms with Crippen molar-refractivity contribution in [2.45, 2.75) is 0 Å². The lowest BCUT2D eigenvalue weighted by molar-refractivity contribution is 0.0598. The van der Waals surface area contributed by atoms with E-state index in [4.69, 9.17) is 17.3 Å². The molecule has 0 aliphatic carbocycles. The molecule has 0 saturated carbocycles. The zero-order valence-corrected chi connectivity index (χ0v) is 10.7. The molecule has 0 aliphatic heterocycles. The maximum absolute atomic E-state index is 11.8. The van der Waals surface area contributed by atoms with Gasteiger partial charge in [0.25, 0.3) is 5.91 Å². The van der Waals surface area contributed by atoms with Gasteiger partial charge in [-0.15, -0.1) is 0 Å². The molecular weight excluding hydrogens is 270 g/mol. The molecule has 0 unspecified atom stereocenters. The number of esters is 1. The molecule has 2 aromatic rings. The largest absolute Gasteiger partial charge is 0.465 e. The number of rotatable bonds is 3. The van der Waals surface area contributed by atoms with E-state index in [2.05, 4.69) is 14.9 Å². The van der Waals surface area contributed by atoms with E-state index < -0.39 is 11.9 Å². The third-order valence-electron chi connectivity index (χ3n) is 2.50.